The van der Waals surface area contributed by atoms with E-state index >= 15 is 0 Å². The van der Waals surface area contributed by atoms with Gasteiger partial charge in [-0.2, -0.15) is 0 Å². The second kappa shape index (κ2) is 3.73. The van der Waals surface area contributed by atoms with Crippen LogP contribution in [0.15, 0.2) is 0 Å². The summed E-state index contributed by atoms with van der Waals surface area (Å²) in [4.78, 5) is 0. The fourth-order valence-electron chi connectivity index (χ4n) is 1.37. The van der Waals surface area contributed by atoms with Crippen molar-refractivity contribution in [1.82, 2.24) is 5.32 Å². The summed E-state index contributed by atoms with van der Waals surface area (Å²) < 4.78 is 11.1. The van der Waals surface area contributed by atoms with Gasteiger partial charge in [0.25, 0.3) is 0 Å². The first-order chi connectivity index (χ1) is 5.53. The Balaban J connectivity index is 2.41. The highest BCUT2D eigenvalue weighted by molar-refractivity contribution is 4.82. The lowest BCUT2D eigenvalue weighted by atomic mass is 10.1. The van der Waals surface area contributed by atoms with E-state index in [0.29, 0.717) is 12.6 Å². The van der Waals surface area contributed by atoms with E-state index in [2.05, 4.69) is 26.1 Å². The summed E-state index contributed by atoms with van der Waals surface area (Å²) in [7, 11) is 1.94. The average Bonchev–Trinajstić information content (AvgIpc) is 2.31. The first kappa shape index (κ1) is 9.96. The van der Waals surface area contributed by atoms with Crippen molar-refractivity contribution in [3.05, 3.63) is 0 Å². The topological polar surface area (TPSA) is 30.5 Å². The van der Waals surface area contributed by atoms with Gasteiger partial charge in [0.2, 0.25) is 0 Å². The van der Waals surface area contributed by atoms with Crippen LogP contribution in [0.1, 0.15) is 20.8 Å². The molecule has 2 atom stereocenters. The monoisotopic (exact) mass is 173 g/mol. The molecule has 0 aromatic carbocycles. The third-order valence-electron chi connectivity index (χ3n) is 1.90. The molecule has 3 heteroatoms. The fourth-order valence-corrected chi connectivity index (χ4v) is 1.37. The van der Waals surface area contributed by atoms with Gasteiger partial charge < -0.3 is 14.8 Å². The summed E-state index contributed by atoms with van der Waals surface area (Å²) in [5, 5.41) is 3.19. The van der Waals surface area contributed by atoms with Crippen LogP contribution in [0.5, 0.6) is 0 Å². The maximum absolute atomic E-state index is 5.81. The first-order valence-electron chi connectivity index (χ1n) is 4.46. The van der Waals surface area contributed by atoms with Gasteiger partial charge in [-0.15, -0.1) is 0 Å². The van der Waals surface area contributed by atoms with Gasteiger partial charge >= 0.3 is 0 Å². The van der Waals surface area contributed by atoms with Crippen molar-refractivity contribution in [2.45, 2.75) is 38.5 Å². The van der Waals surface area contributed by atoms with Crippen LogP contribution in [-0.2, 0) is 9.47 Å². The Morgan fingerprint density at radius 2 is 2.00 bits per heavy atom. The summed E-state index contributed by atoms with van der Waals surface area (Å²) in [6.07, 6.45) is 0.204. The van der Waals surface area contributed by atoms with Gasteiger partial charge in [0.05, 0.1) is 31.0 Å². The van der Waals surface area contributed by atoms with Crippen LogP contribution < -0.4 is 5.32 Å². The molecule has 1 aliphatic heterocycles. The van der Waals surface area contributed by atoms with Crippen molar-refractivity contribution in [3.63, 3.8) is 0 Å². The Bertz CT molecular complexity index is 142. The summed E-state index contributed by atoms with van der Waals surface area (Å²) in [5.41, 5.74) is -0.0759. The lowest BCUT2D eigenvalue weighted by Crippen LogP contribution is -2.42. The van der Waals surface area contributed by atoms with Crippen molar-refractivity contribution in [2.24, 2.45) is 0 Å². The molecule has 1 heterocycles. The molecule has 0 amide bonds. The molecular weight excluding hydrogens is 154 g/mol. The Morgan fingerprint density at radius 3 is 2.50 bits per heavy atom. The van der Waals surface area contributed by atoms with Crippen LogP contribution in [0.2, 0.25) is 0 Å². The molecule has 1 saturated heterocycles. The predicted molar refractivity (Wildman–Crippen MR) is 48.3 cm³/mol. The number of hydrogen-bond donors (Lipinski definition) is 1. The predicted octanol–water partition coefficient (Wildman–Crippen LogP) is 0.788. The molecular formula is C9H19NO2. The fraction of sp³-hybridized carbons (Fsp3) is 1.00. The Labute approximate surface area is 74.4 Å². The summed E-state index contributed by atoms with van der Waals surface area (Å²) >= 11 is 0. The highest BCUT2D eigenvalue weighted by Crippen LogP contribution is 2.17. The summed E-state index contributed by atoms with van der Waals surface area (Å²) in [6.45, 7) is 7.67. The average molecular weight is 173 g/mol. The van der Waals surface area contributed by atoms with E-state index in [4.69, 9.17) is 9.47 Å². The summed E-state index contributed by atoms with van der Waals surface area (Å²) in [5.74, 6) is 0. The van der Waals surface area contributed by atoms with Gasteiger partial charge in [0.15, 0.2) is 0 Å². The zero-order valence-corrected chi connectivity index (χ0v) is 8.39. The van der Waals surface area contributed by atoms with Crippen LogP contribution in [0.25, 0.3) is 0 Å². The van der Waals surface area contributed by atoms with Crippen LogP contribution in [0.4, 0.5) is 0 Å². The molecule has 12 heavy (non-hydrogen) atoms. The van der Waals surface area contributed by atoms with Crippen molar-refractivity contribution in [2.75, 3.05) is 20.3 Å². The molecule has 1 fully saturated rings. The van der Waals surface area contributed by atoms with Crippen molar-refractivity contribution in [1.29, 1.82) is 0 Å². The molecule has 1 N–H and O–H groups in total. The molecule has 1 aliphatic rings. The van der Waals surface area contributed by atoms with Gasteiger partial charge in [-0.3, -0.25) is 0 Å². The number of hydrogen-bond acceptors (Lipinski definition) is 3. The molecule has 0 bridgehead atoms. The molecule has 72 valence electrons. The largest absolute Gasteiger partial charge is 0.377 e. The molecule has 0 aliphatic carbocycles. The van der Waals surface area contributed by atoms with Crippen LogP contribution in [0, 0.1) is 0 Å². The Kier molecular flexibility index (Phi) is 3.09. The lowest BCUT2D eigenvalue weighted by molar-refractivity contribution is -0.0674. The number of likely N-dealkylation sites (N-methyl/N-ethyl adjacent to an activating group) is 1. The van der Waals surface area contributed by atoms with Gasteiger partial charge in [-0.25, -0.2) is 0 Å². The minimum Gasteiger partial charge on any atom is -0.377 e. The van der Waals surface area contributed by atoms with Crippen LogP contribution in [0.3, 0.4) is 0 Å². The second-order valence-corrected chi connectivity index (χ2v) is 4.20. The third-order valence-corrected chi connectivity index (χ3v) is 1.90. The van der Waals surface area contributed by atoms with E-state index in [1.54, 1.807) is 0 Å². The zero-order chi connectivity index (χ0) is 9.19. The van der Waals surface area contributed by atoms with Crippen LogP contribution in [-0.4, -0.2) is 38.0 Å². The smallest absolute Gasteiger partial charge is 0.0990 e. The minimum atomic E-state index is -0.0759. The molecule has 0 radical (unpaired) electrons. The highest BCUT2D eigenvalue weighted by atomic mass is 16.6. The van der Waals surface area contributed by atoms with Crippen molar-refractivity contribution < 1.29 is 9.47 Å². The molecule has 1 rings (SSSR count). The number of rotatable bonds is 2. The van der Waals surface area contributed by atoms with E-state index in [0.717, 1.165) is 6.61 Å². The molecule has 0 aromatic heterocycles. The standard InChI is InChI=1S/C9H19NO2/c1-9(2,3)12-8-6-11-5-7(8)10-4/h7-8,10H,5-6H2,1-4H3/t7-,8-/m0/s1. The van der Waals surface area contributed by atoms with Crippen molar-refractivity contribution in [3.8, 4) is 0 Å². The molecule has 0 saturated carbocycles. The van der Waals surface area contributed by atoms with E-state index in [-0.39, 0.29) is 11.7 Å². The highest BCUT2D eigenvalue weighted by Gasteiger charge is 2.30. The third kappa shape index (κ3) is 2.73. The maximum Gasteiger partial charge on any atom is 0.0990 e. The molecule has 0 spiro atoms. The normalized spacial score (nSPS) is 31.0. The first-order valence-corrected chi connectivity index (χ1v) is 4.46. The zero-order valence-electron chi connectivity index (χ0n) is 8.39. The molecule has 3 nitrogen and oxygen atoms in total. The molecule has 0 aromatic rings. The van der Waals surface area contributed by atoms with E-state index in [9.17, 15) is 0 Å². The minimum absolute atomic E-state index is 0.0759. The van der Waals surface area contributed by atoms with Crippen molar-refractivity contribution >= 4 is 0 Å². The second-order valence-electron chi connectivity index (χ2n) is 4.20. The molecule has 0 unspecified atom stereocenters. The SMILES string of the molecule is CN[C@H]1COC[C@@H]1OC(C)(C)C. The Hall–Kier alpha value is -0.120. The van der Waals surface area contributed by atoms with Gasteiger partial charge in [-0.1, -0.05) is 0 Å². The Morgan fingerprint density at radius 1 is 1.33 bits per heavy atom. The number of nitrogens with one attached hydrogen (secondary N) is 1. The van der Waals surface area contributed by atoms with E-state index in [1.807, 2.05) is 7.05 Å². The maximum atomic E-state index is 5.81. The van der Waals surface area contributed by atoms with E-state index < -0.39 is 0 Å². The summed E-state index contributed by atoms with van der Waals surface area (Å²) in [6, 6.07) is 0.351. The number of ether oxygens (including phenoxy) is 2. The van der Waals surface area contributed by atoms with Crippen LogP contribution >= 0.6 is 0 Å². The van der Waals surface area contributed by atoms with E-state index in [1.165, 1.54) is 0 Å². The van der Waals surface area contributed by atoms with Gasteiger partial charge in [0, 0.05) is 0 Å². The van der Waals surface area contributed by atoms with Gasteiger partial charge in [0.1, 0.15) is 0 Å². The lowest BCUT2D eigenvalue weighted by Gasteiger charge is -2.27. The quantitative estimate of drug-likeness (QED) is 0.669. The van der Waals surface area contributed by atoms with Gasteiger partial charge in [-0.05, 0) is 27.8 Å².